The van der Waals surface area contributed by atoms with Crippen molar-refractivity contribution >= 4 is 64.3 Å². The van der Waals surface area contributed by atoms with Crippen molar-refractivity contribution in [2.45, 2.75) is 28.5 Å². The fourth-order valence-electron chi connectivity index (χ4n) is 7.70. The van der Waals surface area contributed by atoms with Gasteiger partial charge in [-0.05, 0) is 66.8 Å². The molecule has 7 rings (SSSR count). The maximum Gasteiger partial charge on any atom is 0.258 e. The van der Waals surface area contributed by atoms with Gasteiger partial charge in [-0.15, -0.1) is 23.2 Å². The van der Waals surface area contributed by atoms with Gasteiger partial charge in [-0.2, -0.15) is 0 Å². The largest absolute Gasteiger partial charge is 0.504 e. The van der Waals surface area contributed by atoms with E-state index in [9.17, 15) is 28.7 Å². The number of alkyl halides is 2. The van der Waals surface area contributed by atoms with Crippen molar-refractivity contribution < 1.29 is 33.4 Å². The van der Waals surface area contributed by atoms with Gasteiger partial charge in [0.2, 0.25) is 11.8 Å². The number of aromatic hydroxyl groups is 1. The zero-order valence-corrected chi connectivity index (χ0v) is 26.0. The SMILES string of the molecule is C=Cc1ccc(N2C(=O)C3CC=C4C(CC5(Cl)C(=O)N(c6ccc(F)cc6)C(=O)C5(Cl)C4c4cccc(OC)c4O)C3C2=O)cc1. The quantitative estimate of drug-likeness (QED) is 0.206. The zero-order chi connectivity index (χ0) is 32.7. The Morgan fingerprint density at radius 1 is 0.913 bits per heavy atom. The van der Waals surface area contributed by atoms with Crippen LogP contribution in [0.5, 0.6) is 11.5 Å². The number of fused-ring (bicyclic) bond motifs is 4. The standard InChI is InChI=1S/C35H27Cl2FN2O6/c1-3-18-7-11-20(12-8-18)39-30(42)23-16-15-22-25(27(23)31(39)43)17-34(36)32(44)40(21-13-9-19(38)10-14-21)33(45)35(34,37)28(22)24-5-4-6-26(46-2)29(24)41/h3-15,23,25,27-28,41H,1,16-17H2,2H3. The minimum atomic E-state index is -2.18. The lowest BCUT2D eigenvalue weighted by molar-refractivity contribution is -0.125. The molecule has 2 aliphatic heterocycles. The van der Waals surface area contributed by atoms with Gasteiger partial charge < -0.3 is 9.84 Å². The number of hydrogen-bond acceptors (Lipinski definition) is 6. The number of nitrogens with zero attached hydrogens (tertiary/aromatic N) is 2. The third kappa shape index (κ3) is 3.91. The van der Waals surface area contributed by atoms with Crippen LogP contribution in [0.4, 0.5) is 15.8 Å². The highest BCUT2D eigenvalue weighted by Gasteiger charge is 2.77. The number of carbonyl (C=O) groups excluding carboxylic acids is 4. The predicted octanol–water partition coefficient (Wildman–Crippen LogP) is 5.95. The van der Waals surface area contributed by atoms with Gasteiger partial charge in [0.05, 0.1) is 30.3 Å². The monoisotopic (exact) mass is 660 g/mol. The molecule has 2 aliphatic carbocycles. The van der Waals surface area contributed by atoms with E-state index in [-0.39, 0.29) is 41.5 Å². The molecule has 3 aromatic carbocycles. The van der Waals surface area contributed by atoms with Crippen LogP contribution in [0.3, 0.4) is 0 Å². The fourth-order valence-corrected chi connectivity index (χ4v) is 8.62. The number of para-hydroxylation sites is 1. The van der Waals surface area contributed by atoms with Gasteiger partial charge in [-0.25, -0.2) is 9.29 Å². The van der Waals surface area contributed by atoms with Crippen LogP contribution in [0.15, 0.2) is 85.0 Å². The Labute approximate surface area is 273 Å². The lowest BCUT2D eigenvalue weighted by Crippen LogP contribution is -2.60. The van der Waals surface area contributed by atoms with Crippen LogP contribution in [0, 0.1) is 23.6 Å². The number of phenolic OH excluding ortho intramolecular Hbond substituents is 1. The van der Waals surface area contributed by atoms with E-state index < -0.39 is 57.0 Å². The van der Waals surface area contributed by atoms with Crippen LogP contribution in [-0.4, -0.2) is 45.6 Å². The van der Waals surface area contributed by atoms with E-state index in [1.807, 2.05) is 0 Å². The smallest absolute Gasteiger partial charge is 0.258 e. The van der Waals surface area contributed by atoms with Crippen LogP contribution in [-0.2, 0) is 19.2 Å². The fraction of sp³-hybridized carbons (Fsp3) is 0.257. The van der Waals surface area contributed by atoms with E-state index in [0.717, 1.165) is 27.5 Å². The molecule has 4 amide bonds. The second kappa shape index (κ2) is 10.5. The predicted molar refractivity (Wildman–Crippen MR) is 170 cm³/mol. The number of anilines is 2. The molecule has 1 saturated carbocycles. The molecule has 2 saturated heterocycles. The van der Waals surface area contributed by atoms with Gasteiger partial charge >= 0.3 is 0 Å². The second-order valence-electron chi connectivity index (χ2n) is 12.0. The Balaban J connectivity index is 1.40. The lowest BCUT2D eigenvalue weighted by atomic mass is 9.56. The topological polar surface area (TPSA) is 104 Å². The van der Waals surface area contributed by atoms with Crippen LogP contribution in [0.2, 0.25) is 0 Å². The minimum absolute atomic E-state index is 0.0653. The highest BCUT2D eigenvalue weighted by atomic mass is 35.5. The molecule has 6 atom stereocenters. The first kappa shape index (κ1) is 30.2. The van der Waals surface area contributed by atoms with E-state index in [2.05, 4.69) is 6.58 Å². The van der Waals surface area contributed by atoms with E-state index in [1.165, 1.54) is 25.3 Å². The lowest BCUT2D eigenvalue weighted by Gasteiger charge is -2.50. The van der Waals surface area contributed by atoms with Crippen molar-refractivity contribution in [1.29, 1.82) is 0 Å². The molecule has 11 heteroatoms. The molecule has 46 heavy (non-hydrogen) atoms. The summed E-state index contributed by atoms with van der Waals surface area (Å²) in [6, 6.07) is 16.3. The van der Waals surface area contributed by atoms with Gasteiger partial charge in [0.25, 0.3) is 11.8 Å². The van der Waals surface area contributed by atoms with Crippen molar-refractivity contribution in [2.24, 2.45) is 17.8 Å². The summed E-state index contributed by atoms with van der Waals surface area (Å²) >= 11 is 14.7. The summed E-state index contributed by atoms with van der Waals surface area (Å²) in [6.45, 7) is 3.74. The third-order valence-corrected chi connectivity index (χ3v) is 11.3. The molecule has 3 fully saturated rings. The van der Waals surface area contributed by atoms with Crippen molar-refractivity contribution in [1.82, 2.24) is 0 Å². The van der Waals surface area contributed by atoms with Crippen LogP contribution < -0.4 is 14.5 Å². The molecule has 3 aromatic rings. The molecule has 0 spiro atoms. The molecular weight excluding hydrogens is 634 g/mol. The molecule has 0 bridgehead atoms. The summed E-state index contributed by atoms with van der Waals surface area (Å²) in [5.41, 5.74) is 1.97. The number of phenols is 1. The Morgan fingerprint density at radius 3 is 2.22 bits per heavy atom. The molecule has 1 N–H and O–H groups in total. The molecule has 8 nitrogen and oxygen atoms in total. The molecular formula is C35H27Cl2FN2O6. The number of amides is 4. The number of imide groups is 2. The summed E-state index contributed by atoms with van der Waals surface area (Å²) < 4.78 is 19.2. The maximum atomic E-state index is 14.4. The van der Waals surface area contributed by atoms with Crippen LogP contribution >= 0.6 is 23.2 Å². The number of benzene rings is 3. The molecule has 0 aromatic heterocycles. The van der Waals surface area contributed by atoms with E-state index >= 15 is 0 Å². The van der Waals surface area contributed by atoms with Gasteiger partial charge in [0.15, 0.2) is 21.2 Å². The number of halogens is 3. The third-order valence-electron chi connectivity index (χ3n) is 9.84. The first-order valence-electron chi connectivity index (χ1n) is 14.7. The first-order chi connectivity index (χ1) is 22.0. The van der Waals surface area contributed by atoms with E-state index in [1.54, 1.807) is 48.6 Å². The van der Waals surface area contributed by atoms with Crippen molar-refractivity contribution in [2.75, 3.05) is 16.9 Å². The summed E-state index contributed by atoms with van der Waals surface area (Å²) in [5, 5.41) is 11.4. The summed E-state index contributed by atoms with van der Waals surface area (Å²) in [7, 11) is 1.37. The average molecular weight is 662 g/mol. The van der Waals surface area contributed by atoms with Gasteiger partial charge in [-0.1, -0.05) is 48.6 Å². The molecule has 2 heterocycles. The van der Waals surface area contributed by atoms with Crippen molar-refractivity contribution in [3.8, 4) is 11.5 Å². The molecule has 4 aliphatic rings. The van der Waals surface area contributed by atoms with Crippen LogP contribution in [0.25, 0.3) is 6.08 Å². The maximum absolute atomic E-state index is 14.4. The van der Waals surface area contributed by atoms with Gasteiger partial charge in [-0.3, -0.25) is 24.1 Å². The Hall–Kier alpha value is -4.47. The first-order valence-corrected chi connectivity index (χ1v) is 15.4. The Bertz CT molecular complexity index is 1880. The average Bonchev–Trinajstić information content (AvgIpc) is 3.39. The number of allylic oxidation sites excluding steroid dienone is 2. The number of carbonyl (C=O) groups is 4. The van der Waals surface area contributed by atoms with Gasteiger partial charge in [0.1, 0.15) is 5.82 Å². The molecule has 0 radical (unpaired) electrons. The number of rotatable bonds is 5. The Kier molecular flexibility index (Phi) is 6.92. The summed E-state index contributed by atoms with van der Waals surface area (Å²) in [4.78, 5) is 54.5. The number of hydrogen-bond donors (Lipinski definition) is 1. The Morgan fingerprint density at radius 2 is 1.57 bits per heavy atom. The normalized spacial score (nSPS) is 30.1. The second-order valence-corrected chi connectivity index (χ2v) is 13.2. The summed E-state index contributed by atoms with van der Waals surface area (Å²) in [5.74, 6) is -6.98. The van der Waals surface area contributed by atoms with Crippen LogP contribution in [0.1, 0.15) is 29.9 Å². The molecule has 234 valence electrons. The summed E-state index contributed by atoms with van der Waals surface area (Å²) in [6.07, 6.45) is 3.35. The number of ether oxygens (including phenoxy) is 1. The number of methoxy groups -OCH3 is 1. The highest BCUT2D eigenvalue weighted by molar-refractivity contribution is 6.58. The van der Waals surface area contributed by atoms with E-state index in [0.29, 0.717) is 11.3 Å². The highest BCUT2D eigenvalue weighted by Crippen LogP contribution is 2.66. The molecule has 6 unspecified atom stereocenters. The minimum Gasteiger partial charge on any atom is -0.504 e. The van der Waals surface area contributed by atoms with E-state index in [4.69, 9.17) is 27.9 Å². The van der Waals surface area contributed by atoms with Crippen molar-refractivity contribution in [3.05, 3.63) is 102 Å². The van der Waals surface area contributed by atoms with Crippen molar-refractivity contribution in [3.63, 3.8) is 0 Å². The van der Waals surface area contributed by atoms with Gasteiger partial charge in [0, 0.05) is 11.5 Å². The zero-order valence-electron chi connectivity index (χ0n) is 24.5.